The summed E-state index contributed by atoms with van der Waals surface area (Å²) >= 11 is 0. The Bertz CT molecular complexity index is 197. The van der Waals surface area contributed by atoms with Crippen LogP contribution in [0.2, 0.25) is 0 Å². The third kappa shape index (κ3) is 3.46. The van der Waals surface area contributed by atoms with E-state index in [9.17, 15) is 0 Å². The predicted octanol–water partition coefficient (Wildman–Crippen LogP) is 2.64. The van der Waals surface area contributed by atoms with Crippen LogP contribution < -0.4 is 5.32 Å². The largest absolute Gasteiger partial charge is 0.310 e. The standard InChI is InChI=1S/C14H28N2/c1-3-12-6-8-13(9-7-12)15-14-5-4-10-16(2)11-14/h12-15H,3-11H2,1-2H3. The fourth-order valence-electron chi connectivity index (χ4n) is 3.37. The predicted molar refractivity (Wildman–Crippen MR) is 69.7 cm³/mol. The quantitative estimate of drug-likeness (QED) is 0.793. The highest BCUT2D eigenvalue weighted by molar-refractivity contribution is 4.83. The molecule has 2 rings (SSSR count). The zero-order chi connectivity index (χ0) is 11.4. The first-order valence-electron chi connectivity index (χ1n) is 7.22. The van der Waals surface area contributed by atoms with Crippen LogP contribution in [0, 0.1) is 5.92 Å². The second-order valence-electron chi connectivity index (χ2n) is 5.89. The fourth-order valence-corrected chi connectivity index (χ4v) is 3.37. The minimum Gasteiger partial charge on any atom is -0.310 e. The van der Waals surface area contributed by atoms with Gasteiger partial charge in [0.1, 0.15) is 0 Å². The normalized spacial score (nSPS) is 37.5. The SMILES string of the molecule is CCC1CCC(NC2CCCN(C)C2)CC1. The Hall–Kier alpha value is -0.0800. The lowest BCUT2D eigenvalue weighted by Gasteiger charge is -2.36. The molecule has 0 radical (unpaired) electrons. The zero-order valence-electron chi connectivity index (χ0n) is 11.0. The molecule has 0 aromatic rings. The van der Waals surface area contributed by atoms with Gasteiger partial charge in [-0.1, -0.05) is 13.3 Å². The molecule has 16 heavy (non-hydrogen) atoms. The van der Waals surface area contributed by atoms with Crippen LogP contribution in [0.15, 0.2) is 0 Å². The van der Waals surface area contributed by atoms with Crippen molar-refractivity contribution in [3.63, 3.8) is 0 Å². The van der Waals surface area contributed by atoms with Gasteiger partial charge in [0.2, 0.25) is 0 Å². The summed E-state index contributed by atoms with van der Waals surface area (Å²) in [4.78, 5) is 2.47. The van der Waals surface area contributed by atoms with Gasteiger partial charge in [-0.15, -0.1) is 0 Å². The maximum Gasteiger partial charge on any atom is 0.0197 e. The number of likely N-dealkylation sites (tertiary alicyclic amines) is 1. The van der Waals surface area contributed by atoms with E-state index in [1.54, 1.807) is 0 Å². The highest BCUT2D eigenvalue weighted by atomic mass is 15.1. The summed E-state index contributed by atoms with van der Waals surface area (Å²) in [5.41, 5.74) is 0. The monoisotopic (exact) mass is 224 g/mol. The van der Waals surface area contributed by atoms with Crippen molar-refractivity contribution in [2.45, 2.75) is 64.0 Å². The van der Waals surface area contributed by atoms with Crippen LogP contribution in [0.4, 0.5) is 0 Å². The lowest BCUT2D eigenvalue weighted by atomic mass is 9.84. The van der Waals surface area contributed by atoms with Crippen molar-refractivity contribution in [3.05, 3.63) is 0 Å². The van der Waals surface area contributed by atoms with Crippen molar-refractivity contribution in [1.29, 1.82) is 0 Å². The van der Waals surface area contributed by atoms with Gasteiger partial charge in [0.05, 0.1) is 0 Å². The molecule has 1 unspecified atom stereocenters. The molecule has 1 N–H and O–H groups in total. The average molecular weight is 224 g/mol. The van der Waals surface area contributed by atoms with Crippen LogP contribution >= 0.6 is 0 Å². The number of piperidine rings is 1. The van der Waals surface area contributed by atoms with Crippen molar-refractivity contribution in [1.82, 2.24) is 10.2 Å². The van der Waals surface area contributed by atoms with Crippen molar-refractivity contribution in [2.75, 3.05) is 20.1 Å². The number of hydrogen-bond donors (Lipinski definition) is 1. The van der Waals surface area contributed by atoms with Gasteiger partial charge in [-0.05, 0) is 58.0 Å². The number of likely N-dealkylation sites (N-methyl/N-ethyl adjacent to an activating group) is 1. The summed E-state index contributed by atoms with van der Waals surface area (Å²) < 4.78 is 0. The maximum atomic E-state index is 3.89. The van der Waals surface area contributed by atoms with Gasteiger partial charge >= 0.3 is 0 Å². The first kappa shape index (κ1) is 12.4. The summed E-state index contributed by atoms with van der Waals surface area (Å²) in [6.45, 7) is 4.89. The number of rotatable bonds is 3. The third-order valence-electron chi connectivity index (χ3n) is 4.52. The van der Waals surface area contributed by atoms with Gasteiger partial charge in [0, 0.05) is 18.6 Å². The third-order valence-corrected chi connectivity index (χ3v) is 4.52. The summed E-state index contributed by atoms with van der Waals surface area (Å²) in [6, 6.07) is 1.58. The summed E-state index contributed by atoms with van der Waals surface area (Å²) in [6.07, 6.45) is 9.89. The first-order chi connectivity index (χ1) is 7.78. The Morgan fingerprint density at radius 1 is 1.06 bits per heavy atom. The second kappa shape index (κ2) is 6.02. The zero-order valence-corrected chi connectivity index (χ0v) is 11.0. The molecule has 94 valence electrons. The number of hydrogen-bond acceptors (Lipinski definition) is 2. The van der Waals surface area contributed by atoms with Gasteiger partial charge in [-0.2, -0.15) is 0 Å². The Labute approximate surface area is 101 Å². The van der Waals surface area contributed by atoms with E-state index in [1.165, 1.54) is 58.0 Å². The second-order valence-corrected chi connectivity index (χ2v) is 5.89. The first-order valence-corrected chi connectivity index (χ1v) is 7.22. The topological polar surface area (TPSA) is 15.3 Å². The van der Waals surface area contributed by atoms with Crippen molar-refractivity contribution in [2.24, 2.45) is 5.92 Å². The van der Waals surface area contributed by atoms with Crippen LogP contribution in [0.25, 0.3) is 0 Å². The lowest BCUT2D eigenvalue weighted by Crippen LogP contribution is -2.48. The minimum absolute atomic E-state index is 0.766. The molecule has 0 aromatic heterocycles. The Morgan fingerprint density at radius 3 is 2.44 bits per heavy atom. The van der Waals surface area contributed by atoms with Crippen LogP contribution in [0.3, 0.4) is 0 Å². The van der Waals surface area contributed by atoms with Crippen LogP contribution in [-0.2, 0) is 0 Å². The number of nitrogens with one attached hydrogen (secondary N) is 1. The molecular weight excluding hydrogens is 196 g/mol. The molecule has 0 aromatic carbocycles. The molecule has 1 atom stereocenters. The smallest absolute Gasteiger partial charge is 0.0197 e. The molecule has 0 amide bonds. The van der Waals surface area contributed by atoms with E-state index in [-0.39, 0.29) is 0 Å². The molecule has 0 bridgehead atoms. The minimum atomic E-state index is 0.766. The average Bonchev–Trinajstić information content (AvgIpc) is 2.30. The summed E-state index contributed by atoms with van der Waals surface area (Å²) in [7, 11) is 2.25. The Morgan fingerprint density at radius 2 is 1.81 bits per heavy atom. The fraction of sp³-hybridized carbons (Fsp3) is 1.00. The summed E-state index contributed by atoms with van der Waals surface area (Å²) in [5.74, 6) is 1.02. The molecule has 1 saturated carbocycles. The maximum absolute atomic E-state index is 3.89. The highest BCUT2D eigenvalue weighted by Crippen LogP contribution is 2.27. The lowest BCUT2D eigenvalue weighted by molar-refractivity contribution is 0.194. The van der Waals surface area contributed by atoms with Crippen LogP contribution in [0.1, 0.15) is 51.9 Å². The number of nitrogens with zero attached hydrogens (tertiary/aromatic N) is 1. The molecule has 0 spiro atoms. The highest BCUT2D eigenvalue weighted by Gasteiger charge is 2.24. The Balaban J connectivity index is 1.69. The molecule has 1 heterocycles. The van der Waals surface area contributed by atoms with E-state index in [1.807, 2.05) is 0 Å². The molecule has 2 aliphatic rings. The molecule has 1 aliphatic carbocycles. The molecule has 2 heteroatoms. The van der Waals surface area contributed by atoms with Gasteiger partial charge in [0.15, 0.2) is 0 Å². The molecule has 1 saturated heterocycles. The van der Waals surface area contributed by atoms with Crippen LogP contribution in [-0.4, -0.2) is 37.1 Å². The van der Waals surface area contributed by atoms with Gasteiger partial charge < -0.3 is 10.2 Å². The van der Waals surface area contributed by atoms with E-state index in [4.69, 9.17) is 0 Å². The van der Waals surface area contributed by atoms with E-state index in [0.29, 0.717) is 0 Å². The van der Waals surface area contributed by atoms with Gasteiger partial charge in [-0.3, -0.25) is 0 Å². The van der Waals surface area contributed by atoms with Crippen LogP contribution in [0.5, 0.6) is 0 Å². The van der Waals surface area contributed by atoms with Crippen molar-refractivity contribution >= 4 is 0 Å². The van der Waals surface area contributed by atoms with E-state index < -0.39 is 0 Å². The molecule has 2 fully saturated rings. The van der Waals surface area contributed by atoms with E-state index in [2.05, 4.69) is 24.2 Å². The summed E-state index contributed by atoms with van der Waals surface area (Å²) in [5, 5.41) is 3.89. The molecule has 1 aliphatic heterocycles. The van der Waals surface area contributed by atoms with E-state index in [0.717, 1.165) is 18.0 Å². The van der Waals surface area contributed by atoms with E-state index >= 15 is 0 Å². The van der Waals surface area contributed by atoms with Crippen molar-refractivity contribution < 1.29 is 0 Å². The van der Waals surface area contributed by atoms with Gasteiger partial charge in [0.25, 0.3) is 0 Å². The van der Waals surface area contributed by atoms with Gasteiger partial charge in [-0.25, -0.2) is 0 Å². The van der Waals surface area contributed by atoms with Crippen molar-refractivity contribution in [3.8, 4) is 0 Å². The molecule has 2 nitrogen and oxygen atoms in total. The Kier molecular flexibility index (Phi) is 4.66. The molecular formula is C14H28N2.